The molecule has 0 amide bonds. The third-order valence-electron chi connectivity index (χ3n) is 3.42. The fourth-order valence-corrected chi connectivity index (χ4v) is 2.34. The van der Waals surface area contributed by atoms with E-state index in [4.69, 9.17) is 0 Å². The maximum atomic E-state index is 4.36. The summed E-state index contributed by atoms with van der Waals surface area (Å²) in [4.78, 5) is 6.30. The molecule has 5 heteroatoms. The van der Waals surface area contributed by atoms with Gasteiger partial charge in [0.25, 0.3) is 0 Å². The Kier molecular flexibility index (Phi) is 3.37. The third-order valence-corrected chi connectivity index (χ3v) is 3.42. The molecule has 3 rings (SSSR count). The van der Waals surface area contributed by atoms with Crippen molar-refractivity contribution >= 4 is 5.82 Å². The van der Waals surface area contributed by atoms with Crippen LogP contribution in [-0.4, -0.2) is 40.9 Å². The standard InChI is InChI=1S/C14H17N5/c1-11-10-16-8-9-19(11)14-3-2-13(17-18-14)12-4-6-15-7-5-12/h2-7,11,16H,8-10H2,1H3. The van der Waals surface area contributed by atoms with E-state index in [9.17, 15) is 0 Å². The summed E-state index contributed by atoms with van der Waals surface area (Å²) in [5, 5.41) is 12.1. The Balaban J connectivity index is 1.83. The number of nitrogens with one attached hydrogen (secondary N) is 1. The molecule has 2 aromatic heterocycles. The number of anilines is 1. The van der Waals surface area contributed by atoms with Gasteiger partial charge < -0.3 is 10.2 Å². The summed E-state index contributed by atoms with van der Waals surface area (Å²) in [6.07, 6.45) is 3.53. The largest absolute Gasteiger partial charge is 0.350 e. The Bertz CT molecular complexity index is 525. The van der Waals surface area contributed by atoms with E-state index < -0.39 is 0 Å². The molecule has 0 bridgehead atoms. The fourth-order valence-electron chi connectivity index (χ4n) is 2.34. The molecule has 1 fully saturated rings. The predicted molar refractivity (Wildman–Crippen MR) is 74.9 cm³/mol. The zero-order valence-electron chi connectivity index (χ0n) is 11.0. The van der Waals surface area contributed by atoms with Crippen molar-refractivity contribution < 1.29 is 0 Å². The van der Waals surface area contributed by atoms with Crippen LogP contribution in [0, 0.1) is 0 Å². The van der Waals surface area contributed by atoms with Crippen LogP contribution >= 0.6 is 0 Å². The maximum Gasteiger partial charge on any atom is 0.151 e. The van der Waals surface area contributed by atoms with Crippen LogP contribution < -0.4 is 10.2 Å². The van der Waals surface area contributed by atoms with E-state index in [2.05, 4.69) is 32.3 Å². The van der Waals surface area contributed by atoms with E-state index in [0.717, 1.165) is 36.7 Å². The molecule has 0 radical (unpaired) electrons. The second-order valence-corrected chi connectivity index (χ2v) is 4.76. The first kappa shape index (κ1) is 12.0. The molecule has 1 saturated heterocycles. The van der Waals surface area contributed by atoms with Crippen molar-refractivity contribution in [3.8, 4) is 11.3 Å². The molecule has 3 heterocycles. The Labute approximate surface area is 112 Å². The first-order valence-corrected chi connectivity index (χ1v) is 6.56. The average molecular weight is 255 g/mol. The van der Waals surface area contributed by atoms with Gasteiger partial charge in [0.2, 0.25) is 0 Å². The zero-order chi connectivity index (χ0) is 13.1. The normalized spacial score (nSPS) is 19.4. The van der Waals surface area contributed by atoms with Gasteiger partial charge in [-0.2, -0.15) is 0 Å². The van der Waals surface area contributed by atoms with Crippen molar-refractivity contribution in [3.63, 3.8) is 0 Å². The van der Waals surface area contributed by atoms with Gasteiger partial charge in [0.05, 0.1) is 5.69 Å². The van der Waals surface area contributed by atoms with Gasteiger partial charge in [-0.05, 0) is 31.2 Å². The van der Waals surface area contributed by atoms with Crippen LogP contribution in [0.3, 0.4) is 0 Å². The van der Waals surface area contributed by atoms with Crippen LogP contribution in [-0.2, 0) is 0 Å². The monoisotopic (exact) mass is 255 g/mol. The molecule has 1 aliphatic rings. The molecule has 1 atom stereocenters. The molecule has 1 unspecified atom stereocenters. The molecule has 0 spiro atoms. The smallest absolute Gasteiger partial charge is 0.151 e. The van der Waals surface area contributed by atoms with Gasteiger partial charge in [-0.15, -0.1) is 10.2 Å². The summed E-state index contributed by atoms with van der Waals surface area (Å²) in [6, 6.07) is 8.40. The lowest BCUT2D eigenvalue weighted by Gasteiger charge is -2.34. The molecular weight excluding hydrogens is 238 g/mol. The summed E-state index contributed by atoms with van der Waals surface area (Å²) in [5.41, 5.74) is 1.93. The molecule has 19 heavy (non-hydrogen) atoms. The van der Waals surface area contributed by atoms with Gasteiger partial charge >= 0.3 is 0 Å². The van der Waals surface area contributed by atoms with Gasteiger partial charge in [0, 0.05) is 43.6 Å². The Hall–Kier alpha value is -2.01. The first-order chi connectivity index (χ1) is 9.34. The van der Waals surface area contributed by atoms with Gasteiger partial charge in [-0.3, -0.25) is 4.98 Å². The Morgan fingerprint density at radius 1 is 1.16 bits per heavy atom. The molecule has 0 aliphatic carbocycles. The van der Waals surface area contributed by atoms with Crippen LogP contribution in [0.15, 0.2) is 36.7 Å². The first-order valence-electron chi connectivity index (χ1n) is 6.56. The lowest BCUT2D eigenvalue weighted by molar-refractivity contribution is 0.495. The van der Waals surface area contributed by atoms with Crippen molar-refractivity contribution in [2.24, 2.45) is 0 Å². The van der Waals surface area contributed by atoms with E-state index >= 15 is 0 Å². The second kappa shape index (κ2) is 5.32. The maximum absolute atomic E-state index is 4.36. The number of pyridine rings is 1. The summed E-state index contributed by atoms with van der Waals surface area (Å²) in [7, 11) is 0. The number of aromatic nitrogens is 3. The van der Waals surface area contributed by atoms with Gasteiger partial charge in [-0.25, -0.2) is 0 Å². The molecule has 2 aromatic rings. The number of nitrogens with zero attached hydrogens (tertiary/aromatic N) is 4. The van der Waals surface area contributed by atoms with Crippen molar-refractivity contribution in [3.05, 3.63) is 36.7 Å². The van der Waals surface area contributed by atoms with Crippen molar-refractivity contribution in [2.75, 3.05) is 24.5 Å². The van der Waals surface area contributed by atoms with E-state index in [1.165, 1.54) is 0 Å². The summed E-state index contributed by atoms with van der Waals surface area (Å²) < 4.78 is 0. The van der Waals surface area contributed by atoms with Crippen molar-refractivity contribution in [1.82, 2.24) is 20.5 Å². The lowest BCUT2D eigenvalue weighted by Crippen LogP contribution is -2.50. The van der Waals surface area contributed by atoms with Crippen LogP contribution in [0.25, 0.3) is 11.3 Å². The number of piperazine rings is 1. The summed E-state index contributed by atoms with van der Waals surface area (Å²) in [6.45, 7) is 5.17. The van der Waals surface area contributed by atoms with Gasteiger partial charge in [0.15, 0.2) is 5.82 Å². The third kappa shape index (κ3) is 2.56. The SMILES string of the molecule is CC1CNCCN1c1ccc(-c2ccncc2)nn1. The van der Waals surface area contributed by atoms with Crippen LogP contribution in [0.4, 0.5) is 5.82 Å². The van der Waals surface area contributed by atoms with Crippen molar-refractivity contribution in [2.45, 2.75) is 13.0 Å². The minimum Gasteiger partial charge on any atom is -0.350 e. The highest BCUT2D eigenvalue weighted by atomic mass is 15.3. The van der Waals surface area contributed by atoms with E-state index in [1.54, 1.807) is 12.4 Å². The van der Waals surface area contributed by atoms with Crippen LogP contribution in [0.2, 0.25) is 0 Å². The lowest BCUT2D eigenvalue weighted by atomic mass is 10.2. The molecular formula is C14H17N5. The topological polar surface area (TPSA) is 53.9 Å². The highest BCUT2D eigenvalue weighted by molar-refractivity contribution is 5.58. The van der Waals surface area contributed by atoms with Crippen LogP contribution in [0.1, 0.15) is 6.92 Å². The van der Waals surface area contributed by atoms with Gasteiger partial charge in [0.1, 0.15) is 0 Å². The Morgan fingerprint density at radius 3 is 2.68 bits per heavy atom. The van der Waals surface area contributed by atoms with E-state index in [0.29, 0.717) is 6.04 Å². The average Bonchev–Trinajstić information content (AvgIpc) is 2.49. The molecule has 0 aromatic carbocycles. The number of rotatable bonds is 2. The molecule has 0 saturated carbocycles. The summed E-state index contributed by atoms with van der Waals surface area (Å²) >= 11 is 0. The molecule has 1 N–H and O–H groups in total. The van der Waals surface area contributed by atoms with Crippen molar-refractivity contribution in [1.29, 1.82) is 0 Å². The van der Waals surface area contributed by atoms with Crippen LogP contribution in [0.5, 0.6) is 0 Å². The minimum atomic E-state index is 0.454. The minimum absolute atomic E-state index is 0.454. The number of hydrogen-bond acceptors (Lipinski definition) is 5. The zero-order valence-corrected chi connectivity index (χ0v) is 11.0. The highest BCUT2D eigenvalue weighted by Gasteiger charge is 2.19. The predicted octanol–water partition coefficient (Wildman–Crippen LogP) is 1.34. The summed E-state index contributed by atoms with van der Waals surface area (Å²) in [5.74, 6) is 0.951. The van der Waals surface area contributed by atoms with E-state index in [1.807, 2.05) is 24.3 Å². The number of hydrogen-bond donors (Lipinski definition) is 1. The quantitative estimate of drug-likeness (QED) is 0.877. The fraction of sp³-hybridized carbons (Fsp3) is 0.357. The van der Waals surface area contributed by atoms with E-state index in [-0.39, 0.29) is 0 Å². The highest BCUT2D eigenvalue weighted by Crippen LogP contribution is 2.19. The molecule has 1 aliphatic heterocycles. The molecule has 98 valence electrons. The molecule has 5 nitrogen and oxygen atoms in total. The Morgan fingerprint density at radius 2 is 2.00 bits per heavy atom. The van der Waals surface area contributed by atoms with Gasteiger partial charge in [-0.1, -0.05) is 0 Å². The second-order valence-electron chi connectivity index (χ2n) is 4.76.